The third kappa shape index (κ3) is 1.24. The van der Waals surface area contributed by atoms with Crippen molar-refractivity contribution in [2.24, 2.45) is 0 Å². The Bertz CT molecular complexity index is 241. The van der Waals surface area contributed by atoms with Gasteiger partial charge in [0.25, 0.3) is 0 Å². The number of methoxy groups -OCH3 is 1. The molecule has 10 heavy (non-hydrogen) atoms. The van der Waals surface area contributed by atoms with Gasteiger partial charge in [-0.2, -0.15) is 0 Å². The molecule has 0 aliphatic carbocycles. The number of aromatic nitrogens is 1. The molecule has 0 aliphatic heterocycles. The van der Waals surface area contributed by atoms with E-state index in [9.17, 15) is 0 Å². The van der Waals surface area contributed by atoms with Crippen molar-refractivity contribution in [3.05, 3.63) is 17.3 Å². The molecule has 50 valence electrons. The molecule has 2 nitrogen and oxygen atoms in total. The van der Waals surface area contributed by atoms with Gasteiger partial charge in [-0.3, -0.25) is 0 Å². The van der Waals surface area contributed by atoms with E-state index in [1.165, 1.54) is 7.11 Å². The molecule has 1 aromatic rings. The Kier molecular flexibility index (Phi) is 2.17. The maximum atomic E-state index is 5.68. The van der Waals surface area contributed by atoms with Crippen molar-refractivity contribution >= 4 is 24.9 Å². The summed E-state index contributed by atoms with van der Waals surface area (Å²) < 4.78 is 4.80. The maximum Gasteiger partial charge on any atom is 0.231 e. The van der Waals surface area contributed by atoms with Gasteiger partial charge in [-0.1, -0.05) is 17.1 Å². The molecule has 0 N–H and O–H groups in total. The Morgan fingerprint density at radius 3 is 2.90 bits per heavy atom. The molecule has 0 atom stereocenters. The summed E-state index contributed by atoms with van der Waals surface area (Å²) in [5.41, 5.74) is 0.480. The van der Waals surface area contributed by atoms with Gasteiger partial charge in [-0.15, -0.1) is 0 Å². The quantitative estimate of drug-likeness (QED) is 0.549. The van der Waals surface area contributed by atoms with Gasteiger partial charge in [-0.25, -0.2) is 4.98 Å². The van der Waals surface area contributed by atoms with E-state index in [1.54, 1.807) is 12.3 Å². The summed E-state index contributed by atoms with van der Waals surface area (Å²) in [4.78, 5) is 3.82. The lowest BCUT2D eigenvalue weighted by atomic mass is 9.98. The predicted molar refractivity (Wildman–Crippen MR) is 41.2 cm³/mol. The SMILES string of the molecule is [B]c1ccnc(OC)c1Cl. The third-order valence-corrected chi connectivity index (χ3v) is 1.46. The highest BCUT2D eigenvalue weighted by atomic mass is 35.5. The van der Waals surface area contributed by atoms with Gasteiger partial charge >= 0.3 is 0 Å². The lowest BCUT2D eigenvalue weighted by Crippen LogP contribution is -2.05. The molecule has 1 rings (SSSR count). The van der Waals surface area contributed by atoms with Crippen LogP contribution in [0.5, 0.6) is 5.88 Å². The smallest absolute Gasteiger partial charge is 0.231 e. The van der Waals surface area contributed by atoms with Crippen LogP contribution in [-0.2, 0) is 0 Å². The zero-order chi connectivity index (χ0) is 7.56. The first-order chi connectivity index (χ1) is 4.75. The van der Waals surface area contributed by atoms with Gasteiger partial charge < -0.3 is 4.74 Å². The van der Waals surface area contributed by atoms with Crippen molar-refractivity contribution in [2.45, 2.75) is 0 Å². The predicted octanol–water partition coefficient (Wildman–Crippen LogP) is 0.537. The summed E-state index contributed by atoms with van der Waals surface area (Å²) in [6.07, 6.45) is 1.54. The third-order valence-electron chi connectivity index (χ3n) is 1.08. The molecular weight excluding hydrogens is 148 g/mol. The molecule has 0 unspecified atom stereocenters. The average molecular weight is 153 g/mol. The summed E-state index contributed by atoms with van der Waals surface area (Å²) in [5.74, 6) is 0.363. The van der Waals surface area contributed by atoms with E-state index in [4.69, 9.17) is 24.2 Å². The molecule has 0 bridgehead atoms. The fourth-order valence-electron chi connectivity index (χ4n) is 0.581. The fraction of sp³-hybridized carbons (Fsp3) is 0.167. The van der Waals surface area contributed by atoms with Gasteiger partial charge in [0.1, 0.15) is 7.85 Å². The maximum absolute atomic E-state index is 5.68. The van der Waals surface area contributed by atoms with Gasteiger partial charge in [0.15, 0.2) is 0 Å². The number of nitrogens with zero attached hydrogens (tertiary/aromatic N) is 1. The van der Waals surface area contributed by atoms with Crippen LogP contribution in [0.4, 0.5) is 0 Å². The second-order valence-electron chi connectivity index (χ2n) is 1.72. The van der Waals surface area contributed by atoms with Crippen LogP contribution >= 0.6 is 11.6 Å². The normalized spacial score (nSPS) is 9.40. The van der Waals surface area contributed by atoms with Gasteiger partial charge in [0.2, 0.25) is 5.88 Å². The van der Waals surface area contributed by atoms with E-state index in [2.05, 4.69) is 4.98 Å². The first-order valence-corrected chi connectivity index (χ1v) is 3.07. The molecule has 0 saturated carbocycles. The Balaban J connectivity index is 3.14. The number of pyridine rings is 1. The fourth-order valence-corrected chi connectivity index (χ4v) is 0.770. The van der Waals surface area contributed by atoms with Gasteiger partial charge in [0, 0.05) is 6.20 Å². The Labute approximate surface area is 65.6 Å². The minimum Gasteiger partial charge on any atom is -0.480 e. The van der Waals surface area contributed by atoms with Crippen molar-refractivity contribution in [1.29, 1.82) is 0 Å². The topological polar surface area (TPSA) is 22.1 Å². The molecule has 0 saturated heterocycles. The first kappa shape index (κ1) is 7.41. The lowest BCUT2D eigenvalue weighted by Gasteiger charge is -2.02. The molecule has 0 aromatic carbocycles. The van der Waals surface area contributed by atoms with Crippen LogP contribution < -0.4 is 10.2 Å². The van der Waals surface area contributed by atoms with E-state index >= 15 is 0 Å². The second-order valence-corrected chi connectivity index (χ2v) is 2.10. The van der Waals surface area contributed by atoms with Crippen LogP contribution in [0.15, 0.2) is 12.3 Å². The number of halogens is 1. The number of ether oxygens (including phenoxy) is 1. The van der Waals surface area contributed by atoms with Crippen molar-refractivity contribution < 1.29 is 4.74 Å². The summed E-state index contributed by atoms with van der Waals surface area (Å²) in [7, 11) is 6.94. The van der Waals surface area contributed by atoms with Crippen LogP contribution in [0, 0.1) is 0 Å². The van der Waals surface area contributed by atoms with Crippen LogP contribution in [-0.4, -0.2) is 19.9 Å². The summed E-state index contributed by atoms with van der Waals surface area (Å²) >= 11 is 5.68. The zero-order valence-electron chi connectivity index (χ0n) is 5.47. The summed E-state index contributed by atoms with van der Waals surface area (Å²) in [6, 6.07) is 1.62. The average Bonchev–Trinajstić information content (AvgIpc) is 1.95. The van der Waals surface area contributed by atoms with Gasteiger partial charge in [-0.05, 0) is 6.07 Å². The van der Waals surface area contributed by atoms with Crippen molar-refractivity contribution in [2.75, 3.05) is 7.11 Å². The standard InChI is InChI=1S/C6H5BClNO/c1-10-6-5(8)4(7)2-3-9-6/h2-3H,1H3. The second kappa shape index (κ2) is 2.93. The number of hydrogen-bond donors (Lipinski definition) is 0. The van der Waals surface area contributed by atoms with E-state index in [0.29, 0.717) is 16.4 Å². The number of hydrogen-bond acceptors (Lipinski definition) is 2. The van der Waals surface area contributed by atoms with Crippen LogP contribution in [0.2, 0.25) is 5.02 Å². The van der Waals surface area contributed by atoms with Crippen LogP contribution in [0.25, 0.3) is 0 Å². The van der Waals surface area contributed by atoms with Crippen molar-refractivity contribution in [3.63, 3.8) is 0 Å². The molecule has 1 aromatic heterocycles. The van der Waals surface area contributed by atoms with Crippen molar-refractivity contribution in [3.8, 4) is 5.88 Å². The minimum atomic E-state index is 0.363. The highest BCUT2D eigenvalue weighted by Crippen LogP contribution is 2.16. The molecule has 0 spiro atoms. The minimum absolute atomic E-state index is 0.363. The molecule has 0 amide bonds. The molecule has 0 fully saturated rings. The van der Waals surface area contributed by atoms with E-state index in [0.717, 1.165) is 0 Å². The summed E-state index contributed by atoms with van der Waals surface area (Å²) in [5, 5.41) is 0.366. The highest BCUT2D eigenvalue weighted by Gasteiger charge is 2.01. The number of rotatable bonds is 1. The molecule has 1 heterocycles. The Morgan fingerprint density at radius 2 is 2.40 bits per heavy atom. The monoisotopic (exact) mass is 153 g/mol. The molecule has 0 aliphatic rings. The zero-order valence-corrected chi connectivity index (χ0v) is 6.22. The lowest BCUT2D eigenvalue weighted by molar-refractivity contribution is 0.398. The molecule has 2 radical (unpaired) electrons. The van der Waals surface area contributed by atoms with E-state index in [1.807, 2.05) is 0 Å². The molecule has 4 heteroatoms. The van der Waals surface area contributed by atoms with E-state index in [-0.39, 0.29) is 0 Å². The Morgan fingerprint density at radius 1 is 1.70 bits per heavy atom. The summed E-state index contributed by atoms with van der Waals surface area (Å²) in [6.45, 7) is 0. The van der Waals surface area contributed by atoms with Crippen molar-refractivity contribution in [1.82, 2.24) is 4.98 Å². The van der Waals surface area contributed by atoms with Crippen LogP contribution in [0.3, 0.4) is 0 Å². The highest BCUT2D eigenvalue weighted by molar-refractivity contribution is 6.45. The molecular formula is C6H5BClNO. The first-order valence-electron chi connectivity index (χ1n) is 2.69. The van der Waals surface area contributed by atoms with Gasteiger partial charge in [0.05, 0.1) is 12.1 Å². The van der Waals surface area contributed by atoms with Crippen LogP contribution in [0.1, 0.15) is 0 Å². The van der Waals surface area contributed by atoms with E-state index < -0.39 is 0 Å². The largest absolute Gasteiger partial charge is 0.480 e. The Hall–Kier alpha value is -0.695.